The molecule has 0 saturated carbocycles. The van der Waals surface area contributed by atoms with Gasteiger partial charge in [-0.1, -0.05) is 18.2 Å². The maximum absolute atomic E-state index is 13.3. The van der Waals surface area contributed by atoms with Crippen molar-refractivity contribution in [1.82, 2.24) is 15.2 Å². The molecule has 9 heteroatoms. The van der Waals surface area contributed by atoms with E-state index in [0.717, 1.165) is 33.3 Å². The zero-order valence-electron chi connectivity index (χ0n) is 16.9. The van der Waals surface area contributed by atoms with Gasteiger partial charge in [-0.05, 0) is 36.4 Å². The lowest BCUT2D eigenvalue weighted by Gasteiger charge is -2.17. The molecule has 3 heterocycles. The fraction of sp³-hybridized carbons (Fsp3) is 0.0909. The van der Waals surface area contributed by atoms with Crippen LogP contribution in [0.25, 0.3) is 33.3 Å². The smallest absolute Gasteiger partial charge is 0.410 e. The van der Waals surface area contributed by atoms with E-state index in [2.05, 4.69) is 20.2 Å². The number of nitrogens with one attached hydrogen (secondary N) is 3. The maximum Gasteiger partial charge on any atom is 0.410 e. The van der Waals surface area contributed by atoms with Crippen molar-refractivity contribution in [3.05, 3.63) is 66.7 Å². The molecule has 2 aromatic carbocycles. The molecule has 0 aliphatic heterocycles. The minimum atomic E-state index is -3.51. The van der Waals surface area contributed by atoms with E-state index in [1.165, 1.54) is 7.11 Å². The molecule has 0 aliphatic carbocycles. The lowest BCUT2D eigenvalue weighted by atomic mass is 10.1. The molecule has 1 unspecified atom stereocenters. The molecule has 0 bridgehead atoms. The van der Waals surface area contributed by atoms with Crippen molar-refractivity contribution < 1.29 is 23.3 Å². The minimum absolute atomic E-state index is 0.425. The van der Waals surface area contributed by atoms with E-state index in [1.54, 1.807) is 43.5 Å². The average molecular weight is 435 g/mol. The van der Waals surface area contributed by atoms with Crippen molar-refractivity contribution in [3.8, 4) is 23.0 Å². The van der Waals surface area contributed by atoms with Gasteiger partial charge in [0.1, 0.15) is 17.0 Å². The normalized spacial score (nSPS) is 13.4. The van der Waals surface area contributed by atoms with Gasteiger partial charge in [-0.3, -0.25) is 9.62 Å². The number of fused-ring (bicyclic) bond motifs is 2. The molecule has 0 fully saturated rings. The van der Waals surface area contributed by atoms with E-state index in [1.807, 2.05) is 30.3 Å². The molecule has 3 N–H and O–H groups in total. The summed E-state index contributed by atoms with van der Waals surface area (Å²) in [5.41, 5.74) is 4.18. The van der Waals surface area contributed by atoms with Crippen molar-refractivity contribution >= 4 is 34.8 Å². The third-order valence-electron chi connectivity index (χ3n) is 5.06. The summed E-state index contributed by atoms with van der Waals surface area (Å²) in [6.45, 7) is 0. The number of ether oxygens (including phenoxy) is 1. The van der Waals surface area contributed by atoms with Crippen LogP contribution in [-0.4, -0.2) is 29.4 Å². The molecular weight excluding hydrogens is 415 g/mol. The summed E-state index contributed by atoms with van der Waals surface area (Å²) in [6.07, 6.45) is 0. The maximum atomic E-state index is 13.3. The largest absolute Gasteiger partial charge is 0.448 e. The number of benzene rings is 2. The Hall–Kier alpha value is -3.61. The number of rotatable bonds is 6. The van der Waals surface area contributed by atoms with Gasteiger partial charge in [-0.2, -0.15) is 10.1 Å². The molecule has 3 aromatic heterocycles. The second-order valence-corrected chi connectivity index (χ2v) is 8.98. The Labute approximate surface area is 177 Å². The predicted octanol–water partition coefficient (Wildman–Crippen LogP) is 4.08. The second kappa shape index (κ2) is 7.58. The summed E-state index contributed by atoms with van der Waals surface area (Å²) < 4.78 is 29.7. The van der Waals surface area contributed by atoms with Crippen LogP contribution in [0.15, 0.2) is 66.7 Å². The zero-order chi connectivity index (χ0) is 21.4. The standard InChI is InChI=1S/C22H19N4O4P/c1-28-21-11-10-18-19(24-21)13-20(23-18)22-16-12-14(8-9-17(16)25-26-22)30-31(27,29-2)15-6-4-3-5-7-15/h3-13,23H,1-2H3,(H,25,26)/p+1. The molecule has 156 valence electrons. The summed E-state index contributed by atoms with van der Waals surface area (Å²) >= 11 is 0. The van der Waals surface area contributed by atoms with Gasteiger partial charge in [0.25, 0.3) is 0 Å². The molecule has 0 aliphatic rings. The van der Waals surface area contributed by atoms with E-state index < -0.39 is 7.60 Å². The van der Waals surface area contributed by atoms with E-state index in [9.17, 15) is 4.57 Å². The Balaban J connectivity index is 1.55. The van der Waals surface area contributed by atoms with Crippen molar-refractivity contribution in [3.63, 3.8) is 0 Å². The zero-order valence-corrected chi connectivity index (χ0v) is 17.8. The van der Waals surface area contributed by atoms with Crippen molar-refractivity contribution in [2.45, 2.75) is 0 Å². The Morgan fingerprint density at radius 2 is 1.77 bits per heavy atom. The number of pyridine rings is 1. The number of nitrogens with zero attached hydrogens (tertiary/aromatic N) is 1. The number of hydrogen-bond donors (Lipinski definition) is 2. The fourth-order valence-electron chi connectivity index (χ4n) is 3.49. The first-order valence-corrected chi connectivity index (χ1v) is 11.1. The highest BCUT2D eigenvalue weighted by atomic mass is 31.2. The van der Waals surface area contributed by atoms with Gasteiger partial charge in [0.05, 0.1) is 29.7 Å². The van der Waals surface area contributed by atoms with E-state index in [0.29, 0.717) is 16.9 Å². The van der Waals surface area contributed by atoms with Crippen LogP contribution in [0.5, 0.6) is 11.6 Å². The third kappa shape index (κ3) is 3.46. The molecule has 5 rings (SSSR count). The van der Waals surface area contributed by atoms with Crippen LogP contribution in [0.2, 0.25) is 0 Å². The van der Waals surface area contributed by atoms with Crippen LogP contribution in [0.4, 0.5) is 0 Å². The van der Waals surface area contributed by atoms with Crippen LogP contribution in [0.3, 0.4) is 0 Å². The number of aromatic amines is 3. The molecule has 1 atom stereocenters. The molecule has 5 aromatic rings. The molecule has 0 amide bonds. The summed E-state index contributed by atoms with van der Waals surface area (Å²) in [4.78, 5) is 6.56. The van der Waals surface area contributed by atoms with Crippen LogP contribution >= 0.6 is 7.60 Å². The van der Waals surface area contributed by atoms with Gasteiger partial charge in [0.15, 0.2) is 0 Å². The topological polar surface area (TPSA) is 103 Å². The predicted molar refractivity (Wildman–Crippen MR) is 118 cm³/mol. The highest BCUT2D eigenvalue weighted by Crippen LogP contribution is 2.47. The summed E-state index contributed by atoms with van der Waals surface area (Å²) in [6, 6.07) is 20.0. The quantitative estimate of drug-likeness (QED) is 0.391. The molecule has 0 radical (unpaired) electrons. The molecule has 8 nitrogen and oxygen atoms in total. The van der Waals surface area contributed by atoms with Gasteiger partial charge in [-0.25, -0.2) is 4.57 Å². The number of hydrogen-bond acceptors (Lipinski definition) is 5. The first kappa shape index (κ1) is 19.4. The second-order valence-electron chi connectivity index (χ2n) is 6.92. The van der Waals surface area contributed by atoms with Crippen molar-refractivity contribution in [2.24, 2.45) is 0 Å². The summed E-state index contributed by atoms with van der Waals surface area (Å²) in [5.74, 6) is 1.09. The first-order valence-electron chi connectivity index (χ1n) is 9.58. The van der Waals surface area contributed by atoms with E-state index in [-0.39, 0.29) is 0 Å². The molecular formula is C22H20N4O4P+. The summed E-state index contributed by atoms with van der Waals surface area (Å²) in [7, 11) is -0.518. The monoisotopic (exact) mass is 435 g/mol. The SMILES string of the molecule is COc1ccc2[nH]c(-c3n[nH]c4ccc(OP(=O)(OC)c5ccccc5)cc34)cc2[nH+]1. The summed E-state index contributed by atoms with van der Waals surface area (Å²) in [5, 5.41) is 8.81. The minimum Gasteiger partial charge on any atom is -0.448 e. The third-order valence-corrected chi connectivity index (χ3v) is 6.92. The van der Waals surface area contributed by atoms with Gasteiger partial charge in [0.2, 0.25) is 5.52 Å². The van der Waals surface area contributed by atoms with Crippen LogP contribution in [0.1, 0.15) is 0 Å². The average Bonchev–Trinajstić information content (AvgIpc) is 3.42. The van der Waals surface area contributed by atoms with Gasteiger partial charge < -0.3 is 14.2 Å². The fourth-order valence-corrected chi connectivity index (χ4v) is 4.80. The van der Waals surface area contributed by atoms with E-state index >= 15 is 0 Å². The van der Waals surface area contributed by atoms with E-state index in [4.69, 9.17) is 13.8 Å². The molecule has 31 heavy (non-hydrogen) atoms. The lowest BCUT2D eigenvalue weighted by molar-refractivity contribution is -0.361. The Kier molecular flexibility index (Phi) is 4.73. The van der Waals surface area contributed by atoms with Gasteiger partial charge in [0, 0.05) is 18.6 Å². The Morgan fingerprint density at radius 3 is 2.55 bits per heavy atom. The number of H-pyrrole nitrogens is 3. The Morgan fingerprint density at radius 1 is 0.968 bits per heavy atom. The first-order chi connectivity index (χ1) is 15.1. The van der Waals surface area contributed by atoms with Crippen LogP contribution in [0, 0.1) is 0 Å². The number of methoxy groups -OCH3 is 1. The Bertz CT molecular complexity index is 1430. The molecule has 0 saturated heterocycles. The lowest BCUT2D eigenvalue weighted by Crippen LogP contribution is -2.10. The molecule has 0 spiro atoms. The number of aromatic nitrogens is 4. The highest BCUT2D eigenvalue weighted by molar-refractivity contribution is 7.62. The van der Waals surface area contributed by atoms with Crippen molar-refractivity contribution in [1.29, 1.82) is 0 Å². The highest BCUT2D eigenvalue weighted by Gasteiger charge is 2.28. The van der Waals surface area contributed by atoms with Gasteiger partial charge >= 0.3 is 13.5 Å². The van der Waals surface area contributed by atoms with Gasteiger partial charge in [-0.15, -0.1) is 0 Å². The van der Waals surface area contributed by atoms with Crippen molar-refractivity contribution in [2.75, 3.05) is 14.2 Å². The van der Waals surface area contributed by atoms with Crippen LogP contribution in [-0.2, 0) is 9.09 Å². The van der Waals surface area contributed by atoms with Crippen LogP contribution < -0.4 is 19.5 Å².